The van der Waals surface area contributed by atoms with Crippen LogP contribution in [0.5, 0.6) is 0 Å². The molecule has 0 saturated heterocycles. The van der Waals surface area contributed by atoms with Gasteiger partial charge in [0.05, 0.1) is 4.88 Å². The zero-order valence-electron chi connectivity index (χ0n) is 11.3. The molecule has 10 heteroatoms. The number of ether oxygens (including phenoxy) is 1. The fourth-order valence-corrected chi connectivity index (χ4v) is 2.20. The van der Waals surface area contributed by atoms with E-state index in [9.17, 15) is 14.4 Å². The number of likely N-dealkylation sites (N-methyl/N-ethyl adjacent to an activating group) is 1. The molecule has 0 aliphatic carbocycles. The van der Waals surface area contributed by atoms with Crippen molar-refractivity contribution in [1.82, 2.24) is 5.32 Å². The van der Waals surface area contributed by atoms with Gasteiger partial charge in [-0.1, -0.05) is 5.16 Å². The Hall–Kier alpha value is -2.62. The lowest BCUT2D eigenvalue weighted by Crippen LogP contribution is -2.30. The van der Waals surface area contributed by atoms with Gasteiger partial charge in [0.15, 0.2) is 5.84 Å². The molecule has 9 nitrogen and oxygen atoms in total. The van der Waals surface area contributed by atoms with E-state index in [1.807, 2.05) is 0 Å². The molecule has 0 aliphatic heterocycles. The molecule has 1 rings (SSSR count). The van der Waals surface area contributed by atoms with Crippen molar-refractivity contribution in [3.05, 3.63) is 21.9 Å². The minimum atomic E-state index is -1.19. The number of hydrogen-bond acceptors (Lipinski definition) is 7. The highest BCUT2D eigenvalue weighted by Crippen LogP contribution is 2.25. The van der Waals surface area contributed by atoms with Crippen LogP contribution in [0.2, 0.25) is 0 Å². The predicted octanol–water partition coefficient (Wildman–Crippen LogP) is -0.186. The van der Waals surface area contributed by atoms with Crippen LogP contribution in [0, 0.1) is 0 Å². The molecule has 0 fully saturated rings. The maximum Gasteiger partial charge on any atom is 0.405 e. The first-order valence-corrected chi connectivity index (χ1v) is 6.50. The summed E-state index contributed by atoms with van der Waals surface area (Å²) >= 11 is 1.11. The van der Waals surface area contributed by atoms with E-state index in [-0.39, 0.29) is 5.84 Å². The van der Waals surface area contributed by atoms with Gasteiger partial charge in [-0.05, 0) is 6.07 Å². The monoisotopic (exact) mass is 314 g/mol. The quantitative estimate of drug-likeness (QED) is 0.297. The molecular weight excluding hydrogens is 300 g/mol. The molecular formula is C11H14N4O5S. The zero-order valence-corrected chi connectivity index (χ0v) is 12.1. The summed E-state index contributed by atoms with van der Waals surface area (Å²) in [7, 11) is 1.39. The number of rotatable bonds is 5. The Morgan fingerprint density at radius 1 is 1.38 bits per heavy atom. The Labute approximate surface area is 123 Å². The van der Waals surface area contributed by atoms with Crippen LogP contribution < -0.4 is 16.8 Å². The van der Waals surface area contributed by atoms with E-state index in [2.05, 4.69) is 15.3 Å². The van der Waals surface area contributed by atoms with E-state index in [1.54, 1.807) is 5.38 Å². The summed E-state index contributed by atoms with van der Waals surface area (Å²) in [6.45, 7) is 1.18. The van der Waals surface area contributed by atoms with Gasteiger partial charge in [-0.25, -0.2) is 9.59 Å². The van der Waals surface area contributed by atoms with E-state index in [4.69, 9.17) is 16.2 Å². The fraction of sp³-hybridized carbons (Fsp3) is 0.273. The third-order valence-corrected chi connectivity index (χ3v) is 3.14. The number of hydrogen-bond donors (Lipinski definition) is 3. The first-order chi connectivity index (χ1) is 9.85. The summed E-state index contributed by atoms with van der Waals surface area (Å²) in [5.41, 5.74) is 11.0. The van der Waals surface area contributed by atoms with Gasteiger partial charge < -0.3 is 26.4 Å². The average Bonchev–Trinajstić information content (AvgIpc) is 2.90. The average molecular weight is 314 g/mol. The zero-order chi connectivity index (χ0) is 16.0. The number of nitrogens with one attached hydrogen (secondary N) is 1. The molecule has 0 bridgehead atoms. The number of oxime groups is 1. The first-order valence-electron chi connectivity index (χ1n) is 5.62. The van der Waals surface area contributed by atoms with Crippen LogP contribution in [-0.2, 0) is 19.2 Å². The Balaban J connectivity index is 2.98. The Bertz CT molecular complexity index is 583. The van der Waals surface area contributed by atoms with E-state index in [0.717, 1.165) is 11.3 Å². The highest BCUT2D eigenvalue weighted by atomic mass is 32.1. The van der Waals surface area contributed by atoms with Crippen molar-refractivity contribution < 1.29 is 24.0 Å². The van der Waals surface area contributed by atoms with Crippen LogP contribution >= 0.6 is 11.3 Å². The highest BCUT2D eigenvalue weighted by Gasteiger charge is 2.25. The van der Waals surface area contributed by atoms with Gasteiger partial charge in [-0.2, -0.15) is 0 Å². The predicted molar refractivity (Wildman–Crippen MR) is 74.3 cm³/mol. The summed E-state index contributed by atoms with van der Waals surface area (Å²) in [6, 6.07) is 1.48. The molecule has 0 spiro atoms. The largest absolute Gasteiger partial charge is 0.430 e. The smallest absolute Gasteiger partial charge is 0.405 e. The van der Waals surface area contributed by atoms with Crippen molar-refractivity contribution in [2.24, 2.45) is 16.6 Å². The van der Waals surface area contributed by atoms with Crippen molar-refractivity contribution >= 4 is 35.1 Å². The van der Waals surface area contributed by atoms with Gasteiger partial charge in [-0.3, -0.25) is 4.79 Å². The maximum atomic E-state index is 11.7. The third-order valence-electron chi connectivity index (χ3n) is 2.16. The van der Waals surface area contributed by atoms with Crippen LogP contribution in [0.15, 0.2) is 16.6 Å². The molecule has 1 heterocycles. The first kappa shape index (κ1) is 16.4. The van der Waals surface area contributed by atoms with Crippen molar-refractivity contribution in [3.8, 4) is 0 Å². The van der Waals surface area contributed by atoms with Crippen LogP contribution in [-0.4, -0.2) is 30.9 Å². The van der Waals surface area contributed by atoms with Gasteiger partial charge in [0.1, 0.15) is 0 Å². The molecule has 0 saturated carbocycles. The molecule has 0 aliphatic rings. The number of amidine groups is 1. The van der Waals surface area contributed by atoms with Crippen LogP contribution in [0.25, 0.3) is 0 Å². The molecule has 5 N–H and O–H groups in total. The van der Waals surface area contributed by atoms with Crippen molar-refractivity contribution in [1.29, 1.82) is 0 Å². The molecule has 21 heavy (non-hydrogen) atoms. The molecule has 1 unspecified atom stereocenters. The van der Waals surface area contributed by atoms with Crippen molar-refractivity contribution in [2.75, 3.05) is 7.05 Å². The standard InChI is InChI=1S/C11H14N4O5S/c1-5(16)20-15-9(12)6-3-7(21-4-6)8(10(17)14-2)19-11(13)18/h3-4,8H,1-2H3,(H2,12,15)(H2,13,18)(H,14,17). The van der Waals surface area contributed by atoms with Gasteiger partial charge in [0.2, 0.25) is 6.10 Å². The van der Waals surface area contributed by atoms with Gasteiger partial charge in [0, 0.05) is 24.9 Å². The summed E-state index contributed by atoms with van der Waals surface area (Å²) in [6.07, 6.45) is -2.27. The normalized spacial score (nSPS) is 12.4. The lowest BCUT2D eigenvalue weighted by molar-refractivity contribution is -0.141. The molecule has 114 valence electrons. The van der Waals surface area contributed by atoms with Crippen LogP contribution in [0.4, 0.5) is 4.79 Å². The number of carbonyl (C=O) groups excluding carboxylic acids is 3. The Morgan fingerprint density at radius 2 is 2.05 bits per heavy atom. The molecule has 1 atom stereocenters. The maximum absolute atomic E-state index is 11.7. The Kier molecular flexibility index (Phi) is 5.67. The minimum Gasteiger partial charge on any atom is -0.430 e. The van der Waals surface area contributed by atoms with Gasteiger partial charge in [0.25, 0.3) is 5.91 Å². The lowest BCUT2D eigenvalue weighted by atomic mass is 10.2. The molecule has 0 aromatic carbocycles. The second-order valence-electron chi connectivity index (χ2n) is 3.73. The van der Waals surface area contributed by atoms with E-state index >= 15 is 0 Å². The summed E-state index contributed by atoms with van der Waals surface area (Å²) in [5.74, 6) is -1.21. The topological polar surface area (TPSA) is 146 Å². The number of nitrogens with two attached hydrogens (primary N) is 2. The lowest BCUT2D eigenvalue weighted by Gasteiger charge is -2.12. The number of carbonyl (C=O) groups is 3. The second-order valence-corrected chi connectivity index (χ2v) is 4.67. The summed E-state index contributed by atoms with van der Waals surface area (Å²) in [4.78, 5) is 37.9. The van der Waals surface area contributed by atoms with Gasteiger partial charge in [-0.15, -0.1) is 11.3 Å². The van der Waals surface area contributed by atoms with E-state index in [0.29, 0.717) is 10.4 Å². The molecule has 0 radical (unpaired) electrons. The summed E-state index contributed by atoms with van der Waals surface area (Å²) < 4.78 is 4.75. The molecule has 1 aromatic heterocycles. The number of thiophene rings is 1. The Morgan fingerprint density at radius 3 is 2.57 bits per heavy atom. The molecule has 2 amide bonds. The molecule has 1 aromatic rings. The van der Waals surface area contributed by atoms with E-state index in [1.165, 1.54) is 20.0 Å². The van der Waals surface area contributed by atoms with Crippen molar-refractivity contribution in [2.45, 2.75) is 13.0 Å². The van der Waals surface area contributed by atoms with Crippen molar-refractivity contribution in [3.63, 3.8) is 0 Å². The van der Waals surface area contributed by atoms with Crippen LogP contribution in [0.1, 0.15) is 23.5 Å². The third kappa shape index (κ3) is 4.76. The highest BCUT2D eigenvalue weighted by molar-refractivity contribution is 7.10. The number of amides is 2. The number of nitrogens with zero attached hydrogens (tertiary/aromatic N) is 1. The second kappa shape index (κ2) is 7.24. The van der Waals surface area contributed by atoms with Crippen LogP contribution in [0.3, 0.4) is 0 Å². The number of primary amides is 1. The van der Waals surface area contributed by atoms with Gasteiger partial charge >= 0.3 is 12.1 Å². The summed E-state index contributed by atoms with van der Waals surface area (Å²) in [5, 5.41) is 7.33. The fourth-order valence-electron chi connectivity index (χ4n) is 1.28. The minimum absolute atomic E-state index is 0.0533. The van der Waals surface area contributed by atoms with E-state index < -0.39 is 24.1 Å². The SMILES string of the molecule is CNC(=O)C(OC(N)=O)c1cc(C(N)=NOC(C)=O)cs1.